The number of nitrogens with zero attached hydrogens (tertiary/aromatic N) is 1. The highest BCUT2D eigenvalue weighted by Crippen LogP contribution is 2.25. The molecule has 4 nitrogen and oxygen atoms in total. The third kappa shape index (κ3) is 3.46. The van der Waals surface area contributed by atoms with Crippen molar-refractivity contribution < 1.29 is 4.74 Å². The van der Waals surface area contributed by atoms with Crippen LogP contribution in [0.4, 0.5) is 0 Å². The highest BCUT2D eigenvalue weighted by Gasteiger charge is 2.29. The van der Waals surface area contributed by atoms with Gasteiger partial charge in [0.2, 0.25) is 0 Å². The molecule has 4 heteroatoms. The van der Waals surface area contributed by atoms with Gasteiger partial charge in [0.05, 0.1) is 6.10 Å². The lowest BCUT2D eigenvalue weighted by Gasteiger charge is -2.20. The lowest BCUT2D eigenvalue weighted by Crippen LogP contribution is -2.42. The first-order chi connectivity index (χ1) is 8.20. The lowest BCUT2D eigenvalue weighted by atomic mass is 9.97. The molecule has 0 radical (unpaired) electrons. The number of nitrogens with one attached hydrogen (secondary N) is 2. The van der Waals surface area contributed by atoms with Crippen LogP contribution < -0.4 is 10.6 Å². The zero-order valence-electron chi connectivity index (χ0n) is 10.8. The van der Waals surface area contributed by atoms with Crippen molar-refractivity contribution in [3.8, 4) is 0 Å². The fourth-order valence-electron chi connectivity index (χ4n) is 2.23. The van der Waals surface area contributed by atoms with Crippen molar-refractivity contribution in [1.82, 2.24) is 10.6 Å². The normalized spacial score (nSPS) is 29.2. The topological polar surface area (TPSA) is 45.6 Å². The third-order valence-corrected chi connectivity index (χ3v) is 3.37. The van der Waals surface area contributed by atoms with Crippen LogP contribution in [-0.2, 0) is 4.74 Å². The van der Waals surface area contributed by atoms with Gasteiger partial charge in [-0.15, -0.1) is 0 Å². The summed E-state index contributed by atoms with van der Waals surface area (Å²) >= 11 is 0. The Morgan fingerprint density at radius 1 is 1.41 bits per heavy atom. The fourth-order valence-corrected chi connectivity index (χ4v) is 2.23. The minimum absolute atomic E-state index is 0.210. The molecule has 0 aromatic carbocycles. The van der Waals surface area contributed by atoms with Gasteiger partial charge in [-0.3, -0.25) is 4.99 Å². The zero-order chi connectivity index (χ0) is 12.3. The van der Waals surface area contributed by atoms with Crippen molar-refractivity contribution in [2.45, 2.75) is 38.3 Å². The van der Waals surface area contributed by atoms with Crippen LogP contribution in [0, 0.1) is 5.92 Å². The summed E-state index contributed by atoms with van der Waals surface area (Å²) in [4.78, 5) is 4.23. The maximum Gasteiger partial charge on any atom is 0.191 e. The Hall–Kier alpha value is -1.03. The molecule has 1 aliphatic carbocycles. The maximum absolute atomic E-state index is 5.69. The molecular formula is C13H23N3O. The van der Waals surface area contributed by atoms with E-state index in [0.29, 0.717) is 12.0 Å². The minimum Gasteiger partial charge on any atom is -0.374 e. The van der Waals surface area contributed by atoms with Crippen molar-refractivity contribution in [3.63, 3.8) is 0 Å². The van der Waals surface area contributed by atoms with Crippen LogP contribution >= 0.6 is 0 Å². The molecule has 2 fully saturated rings. The largest absolute Gasteiger partial charge is 0.374 e. The van der Waals surface area contributed by atoms with E-state index >= 15 is 0 Å². The predicted molar refractivity (Wildman–Crippen MR) is 70.2 cm³/mol. The van der Waals surface area contributed by atoms with E-state index < -0.39 is 0 Å². The average molecular weight is 237 g/mol. The minimum atomic E-state index is 0.210. The number of hydrogen-bond donors (Lipinski definition) is 2. The van der Waals surface area contributed by atoms with Gasteiger partial charge in [-0.2, -0.15) is 0 Å². The van der Waals surface area contributed by atoms with Gasteiger partial charge in [-0.05, 0) is 26.2 Å². The van der Waals surface area contributed by atoms with Gasteiger partial charge in [0, 0.05) is 32.2 Å². The third-order valence-electron chi connectivity index (χ3n) is 3.37. The maximum atomic E-state index is 5.69. The highest BCUT2D eigenvalue weighted by atomic mass is 16.5. The molecule has 2 N–H and O–H groups in total. The van der Waals surface area contributed by atoms with E-state index in [1.807, 2.05) is 14.0 Å². The molecule has 2 aliphatic rings. The Labute approximate surface area is 104 Å². The second kappa shape index (κ2) is 5.54. The standard InChI is InChI=1S/C13H23N3O/c1-9(2)12-10(6-7-17-12)8-15-13(14-3)16-11-4-5-11/h10-12H,1,4-8H2,2-3H3,(H2,14,15,16). The van der Waals surface area contributed by atoms with E-state index in [2.05, 4.69) is 22.2 Å². The summed E-state index contributed by atoms with van der Waals surface area (Å²) < 4.78 is 5.69. The van der Waals surface area contributed by atoms with Crippen LogP contribution in [-0.4, -0.2) is 38.3 Å². The molecule has 1 saturated heterocycles. The van der Waals surface area contributed by atoms with E-state index in [4.69, 9.17) is 4.74 Å². The fraction of sp³-hybridized carbons (Fsp3) is 0.769. The quantitative estimate of drug-likeness (QED) is 0.440. The van der Waals surface area contributed by atoms with Crippen LogP contribution in [0.15, 0.2) is 17.1 Å². The average Bonchev–Trinajstić information content (AvgIpc) is 2.99. The molecular weight excluding hydrogens is 214 g/mol. The van der Waals surface area contributed by atoms with E-state index in [1.165, 1.54) is 12.8 Å². The Morgan fingerprint density at radius 3 is 2.76 bits per heavy atom. The first kappa shape index (κ1) is 12.4. The molecule has 1 saturated carbocycles. The first-order valence-corrected chi connectivity index (χ1v) is 6.45. The van der Waals surface area contributed by atoms with Crippen molar-refractivity contribution >= 4 is 5.96 Å². The summed E-state index contributed by atoms with van der Waals surface area (Å²) in [5.41, 5.74) is 1.12. The molecule has 0 aromatic rings. The second-order valence-electron chi connectivity index (χ2n) is 5.06. The summed E-state index contributed by atoms with van der Waals surface area (Å²) in [6.45, 7) is 7.79. The Kier molecular flexibility index (Phi) is 4.05. The van der Waals surface area contributed by atoms with Gasteiger partial charge < -0.3 is 15.4 Å². The van der Waals surface area contributed by atoms with Gasteiger partial charge in [-0.25, -0.2) is 0 Å². The SMILES string of the molecule is C=C(C)C1OCCC1CNC(=NC)NC1CC1. The van der Waals surface area contributed by atoms with Crippen molar-refractivity contribution in [2.75, 3.05) is 20.2 Å². The Balaban J connectivity index is 1.77. The van der Waals surface area contributed by atoms with Crippen LogP contribution in [0.2, 0.25) is 0 Å². The van der Waals surface area contributed by atoms with Crippen LogP contribution in [0.25, 0.3) is 0 Å². The van der Waals surface area contributed by atoms with Gasteiger partial charge in [0.15, 0.2) is 5.96 Å². The molecule has 0 spiro atoms. The number of ether oxygens (including phenoxy) is 1. The molecule has 0 bridgehead atoms. The van der Waals surface area contributed by atoms with Gasteiger partial charge in [0.1, 0.15) is 0 Å². The Morgan fingerprint density at radius 2 is 2.18 bits per heavy atom. The summed E-state index contributed by atoms with van der Waals surface area (Å²) in [5, 5.41) is 6.77. The van der Waals surface area contributed by atoms with Crippen molar-refractivity contribution in [3.05, 3.63) is 12.2 Å². The van der Waals surface area contributed by atoms with E-state index in [-0.39, 0.29) is 6.10 Å². The van der Waals surface area contributed by atoms with Crippen molar-refractivity contribution in [1.29, 1.82) is 0 Å². The molecule has 2 rings (SSSR count). The zero-order valence-corrected chi connectivity index (χ0v) is 10.8. The Bertz CT molecular complexity index is 310. The van der Waals surface area contributed by atoms with Gasteiger partial charge in [-0.1, -0.05) is 12.2 Å². The summed E-state index contributed by atoms with van der Waals surface area (Å²) in [6.07, 6.45) is 3.84. The summed E-state index contributed by atoms with van der Waals surface area (Å²) in [7, 11) is 1.82. The monoisotopic (exact) mass is 237 g/mol. The first-order valence-electron chi connectivity index (χ1n) is 6.45. The van der Waals surface area contributed by atoms with Crippen molar-refractivity contribution in [2.24, 2.45) is 10.9 Å². The molecule has 0 amide bonds. The number of hydrogen-bond acceptors (Lipinski definition) is 2. The van der Waals surface area contributed by atoms with Gasteiger partial charge >= 0.3 is 0 Å². The molecule has 1 heterocycles. The highest BCUT2D eigenvalue weighted by molar-refractivity contribution is 5.80. The molecule has 2 unspecified atom stereocenters. The molecule has 96 valence electrons. The van der Waals surface area contributed by atoms with Crippen LogP contribution in [0.1, 0.15) is 26.2 Å². The molecule has 0 aromatic heterocycles. The summed E-state index contributed by atoms with van der Waals surface area (Å²) in [5.74, 6) is 1.44. The van der Waals surface area contributed by atoms with E-state index in [1.54, 1.807) is 0 Å². The van der Waals surface area contributed by atoms with Crippen LogP contribution in [0.5, 0.6) is 0 Å². The molecule has 2 atom stereocenters. The van der Waals surface area contributed by atoms with Gasteiger partial charge in [0.25, 0.3) is 0 Å². The second-order valence-corrected chi connectivity index (χ2v) is 5.06. The lowest BCUT2D eigenvalue weighted by molar-refractivity contribution is 0.119. The predicted octanol–water partition coefficient (Wildman–Crippen LogP) is 1.29. The number of aliphatic imine (C=N–C) groups is 1. The number of rotatable bonds is 4. The summed E-state index contributed by atoms with van der Waals surface area (Å²) in [6, 6.07) is 0.637. The van der Waals surface area contributed by atoms with Crippen LogP contribution in [0.3, 0.4) is 0 Å². The molecule has 1 aliphatic heterocycles. The van der Waals surface area contributed by atoms with E-state index in [9.17, 15) is 0 Å². The smallest absolute Gasteiger partial charge is 0.191 e. The van der Waals surface area contributed by atoms with E-state index in [0.717, 1.165) is 31.1 Å². The number of guanidine groups is 1. The molecule has 17 heavy (non-hydrogen) atoms.